The summed E-state index contributed by atoms with van der Waals surface area (Å²) in [6, 6.07) is 9.04. The van der Waals surface area contributed by atoms with E-state index in [1.807, 2.05) is 18.3 Å². The van der Waals surface area contributed by atoms with Gasteiger partial charge in [0.1, 0.15) is 0 Å². The monoisotopic (exact) mass is 288 g/mol. The molecular weight excluding hydrogens is 268 g/mol. The minimum Gasteiger partial charge on any atom is -0.478 e. The predicted octanol–water partition coefficient (Wildman–Crippen LogP) is 1.97. The summed E-state index contributed by atoms with van der Waals surface area (Å²) < 4.78 is 7.07. The third-order valence-electron chi connectivity index (χ3n) is 3.19. The Hall–Kier alpha value is -2.11. The van der Waals surface area contributed by atoms with Crippen LogP contribution in [-0.4, -0.2) is 35.9 Å². The molecule has 21 heavy (non-hydrogen) atoms. The molecule has 5 heteroatoms. The number of carboxylic acid groups (broad SMARTS) is 1. The molecule has 112 valence electrons. The number of hydrogen-bond acceptors (Lipinski definition) is 3. The summed E-state index contributed by atoms with van der Waals surface area (Å²) in [5, 5.41) is 12.2. The molecule has 0 saturated heterocycles. The van der Waals surface area contributed by atoms with Crippen molar-refractivity contribution in [1.29, 1.82) is 0 Å². The smallest absolute Gasteiger partial charge is 0.335 e. The highest BCUT2D eigenvalue weighted by Crippen LogP contribution is 2.08. The van der Waals surface area contributed by atoms with Gasteiger partial charge in [-0.2, -0.15) is 0 Å². The fourth-order valence-electron chi connectivity index (χ4n) is 2.06. The van der Waals surface area contributed by atoms with E-state index in [9.17, 15) is 4.79 Å². The minimum atomic E-state index is -0.896. The Kier molecular flexibility index (Phi) is 5.54. The minimum absolute atomic E-state index is 0.314. The van der Waals surface area contributed by atoms with E-state index in [-0.39, 0.29) is 0 Å². The van der Waals surface area contributed by atoms with Gasteiger partial charge in [0.2, 0.25) is 0 Å². The standard InChI is InChI=1S/C16H20N2O3/c1-21-9-7-17-10-14-6-8-18(12-14)11-13-2-4-15(5-3-13)16(19)20/h2-6,8,12,17H,7,9-11H2,1H3,(H,19,20). The second-order valence-corrected chi connectivity index (χ2v) is 4.86. The lowest BCUT2D eigenvalue weighted by Gasteiger charge is -2.04. The van der Waals surface area contributed by atoms with Gasteiger partial charge in [-0.25, -0.2) is 4.79 Å². The zero-order chi connectivity index (χ0) is 15.1. The van der Waals surface area contributed by atoms with Crippen molar-refractivity contribution in [2.24, 2.45) is 0 Å². The van der Waals surface area contributed by atoms with Crippen molar-refractivity contribution in [3.63, 3.8) is 0 Å². The molecule has 0 unspecified atom stereocenters. The molecule has 0 radical (unpaired) electrons. The predicted molar refractivity (Wildman–Crippen MR) is 80.5 cm³/mol. The molecule has 5 nitrogen and oxygen atoms in total. The molecule has 1 aromatic heterocycles. The second-order valence-electron chi connectivity index (χ2n) is 4.86. The van der Waals surface area contributed by atoms with Gasteiger partial charge in [0.25, 0.3) is 0 Å². The van der Waals surface area contributed by atoms with Crippen LogP contribution >= 0.6 is 0 Å². The number of rotatable bonds is 8. The van der Waals surface area contributed by atoms with E-state index in [2.05, 4.69) is 22.1 Å². The van der Waals surface area contributed by atoms with Crippen LogP contribution in [0.1, 0.15) is 21.5 Å². The Morgan fingerprint density at radius 2 is 2.00 bits per heavy atom. The Balaban J connectivity index is 1.88. The summed E-state index contributed by atoms with van der Waals surface area (Å²) in [6.45, 7) is 3.08. The van der Waals surface area contributed by atoms with E-state index >= 15 is 0 Å². The number of aromatic carboxylic acids is 1. The first-order chi connectivity index (χ1) is 10.2. The highest BCUT2D eigenvalue weighted by atomic mass is 16.5. The fraction of sp³-hybridized carbons (Fsp3) is 0.312. The Labute approximate surface area is 124 Å². The van der Waals surface area contributed by atoms with Crippen LogP contribution in [0.5, 0.6) is 0 Å². The first-order valence-electron chi connectivity index (χ1n) is 6.85. The van der Waals surface area contributed by atoms with Crippen molar-refractivity contribution in [3.05, 3.63) is 59.4 Å². The van der Waals surface area contributed by atoms with Crippen LogP contribution in [0.25, 0.3) is 0 Å². The summed E-state index contributed by atoms with van der Waals surface area (Å²) in [4.78, 5) is 10.8. The molecule has 0 aliphatic heterocycles. The lowest BCUT2D eigenvalue weighted by Crippen LogP contribution is -2.18. The van der Waals surface area contributed by atoms with Gasteiger partial charge in [0, 0.05) is 39.1 Å². The topological polar surface area (TPSA) is 63.5 Å². The van der Waals surface area contributed by atoms with E-state index in [0.29, 0.717) is 12.2 Å². The number of nitrogens with zero attached hydrogens (tertiary/aromatic N) is 1. The van der Waals surface area contributed by atoms with Gasteiger partial charge in [-0.3, -0.25) is 0 Å². The number of carbonyl (C=O) groups is 1. The van der Waals surface area contributed by atoms with Gasteiger partial charge in [-0.15, -0.1) is 0 Å². The van der Waals surface area contributed by atoms with Crippen molar-refractivity contribution >= 4 is 5.97 Å². The molecule has 2 rings (SSSR count). The SMILES string of the molecule is COCCNCc1ccn(Cc2ccc(C(=O)O)cc2)c1. The maximum absolute atomic E-state index is 10.8. The van der Waals surface area contributed by atoms with Crippen LogP contribution in [0.3, 0.4) is 0 Å². The highest BCUT2D eigenvalue weighted by molar-refractivity contribution is 5.87. The Morgan fingerprint density at radius 1 is 1.24 bits per heavy atom. The summed E-state index contributed by atoms with van der Waals surface area (Å²) >= 11 is 0. The van der Waals surface area contributed by atoms with Crippen molar-refractivity contribution in [2.45, 2.75) is 13.1 Å². The molecule has 0 atom stereocenters. The Morgan fingerprint density at radius 3 is 2.67 bits per heavy atom. The first kappa shape index (κ1) is 15.3. The number of hydrogen-bond donors (Lipinski definition) is 2. The first-order valence-corrected chi connectivity index (χ1v) is 6.85. The van der Waals surface area contributed by atoms with Gasteiger partial charge in [0.15, 0.2) is 0 Å². The number of ether oxygens (including phenoxy) is 1. The maximum Gasteiger partial charge on any atom is 0.335 e. The van der Waals surface area contributed by atoms with Gasteiger partial charge in [-0.1, -0.05) is 12.1 Å². The largest absolute Gasteiger partial charge is 0.478 e. The molecular formula is C16H20N2O3. The van der Waals surface area contributed by atoms with Crippen molar-refractivity contribution < 1.29 is 14.6 Å². The van der Waals surface area contributed by atoms with Crippen LogP contribution in [0.4, 0.5) is 0 Å². The molecule has 1 heterocycles. The lowest BCUT2D eigenvalue weighted by atomic mass is 10.1. The molecule has 2 N–H and O–H groups in total. The molecule has 0 saturated carbocycles. The van der Waals surface area contributed by atoms with E-state index in [0.717, 1.165) is 25.2 Å². The van der Waals surface area contributed by atoms with Gasteiger partial charge < -0.3 is 19.7 Å². The third kappa shape index (κ3) is 4.73. The maximum atomic E-state index is 10.8. The van der Waals surface area contributed by atoms with E-state index < -0.39 is 5.97 Å². The van der Waals surface area contributed by atoms with Crippen LogP contribution in [0.15, 0.2) is 42.7 Å². The van der Waals surface area contributed by atoms with Gasteiger partial charge in [0.05, 0.1) is 12.2 Å². The molecule has 0 aliphatic rings. The van der Waals surface area contributed by atoms with Gasteiger partial charge in [-0.05, 0) is 29.3 Å². The quantitative estimate of drug-likeness (QED) is 0.729. The molecule has 0 spiro atoms. The fourth-order valence-corrected chi connectivity index (χ4v) is 2.06. The summed E-state index contributed by atoms with van der Waals surface area (Å²) in [7, 11) is 1.69. The number of benzene rings is 1. The summed E-state index contributed by atoms with van der Waals surface area (Å²) in [5.41, 5.74) is 2.61. The lowest BCUT2D eigenvalue weighted by molar-refractivity contribution is 0.0697. The molecule has 0 fully saturated rings. The summed E-state index contributed by atoms with van der Waals surface area (Å²) in [6.07, 6.45) is 4.11. The molecule has 0 aliphatic carbocycles. The third-order valence-corrected chi connectivity index (χ3v) is 3.19. The highest BCUT2D eigenvalue weighted by Gasteiger charge is 2.02. The van der Waals surface area contributed by atoms with E-state index in [4.69, 9.17) is 9.84 Å². The average molecular weight is 288 g/mol. The second kappa shape index (κ2) is 7.61. The van der Waals surface area contributed by atoms with Crippen molar-refractivity contribution in [3.8, 4) is 0 Å². The Bertz CT molecular complexity index is 575. The van der Waals surface area contributed by atoms with E-state index in [1.165, 1.54) is 5.56 Å². The van der Waals surface area contributed by atoms with E-state index in [1.54, 1.807) is 19.2 Å². The van der Waals surface area contributed by atoms with Crippen LogP contribution in [0.2, 0.25) is 0 Å². The number of carboxylic acids is 1. The number of methoxy groups -OCH3 is 1. The van der Waals surface area contributed by atoms with Crippen molar-refractivity contribution in [2.75, 3.05) is 20.3 Å². The number of nitrogens with one attached hydrogen (secondary N) is 1. The molecule has 0 bridgehead atoms. The number of aromatic nitrogens is 1. The van der Waals surface area contributed by atoms with Gasteiger partial charge >= 0.3 is 5.97 Å². The molecule has 1 aromatic carbocycles. The normalized spacial score (nSPS) is 10.7. The summed E-state index contributed by atoms with van der Waals surface area (Å²) in [5.74, 6) is -0.896. The van der Waals surface area contributed by atoms with Crippen molar-refractivity contribution in [1.82, 2.24) is 9.88 Å². The zero-order valence-corrected chi connectivity index (χ0v) is 12.1. The average Bonchev–Trinajstić information content (AvgIpc) is 2.92. The zero-order valence-electron chi connectivity index (χ0n) is 12.1. The molecule has 0 amide bonds. The van der Waals surface area contributed by atoms with Crippen LogP contribution in [0, 0.1) is 0 Å². The van der Waals surface area contributed by atoms with Crippen LogP contribution in [-0.2, 0) is 17.8 Å². The van der Waals surface area contributed by atoms with Crippen LogP contribution < -0.4 is 5.32 Å². The molecule has 2 aromatic rings.